The molecule has 5 rings (SSSR count). The summed E-state index contributed by atoms with van der Waals surface area (Å²) in [4.78, 5) is 22.7. The topological polar surface area (TPSA) is 108 Å². The number of rotatable bonds is 5. The maximum atomic E-state index is 14.5. The van der Waals surface area contributed by atoms with Gasteiger partial charge in [-0.15, -0.1) is 0 Å². The summed E-state index contributed by atoms with van der Waals surface area (Å²) in [6.45, 7) is 2.06. The van der Waals surface area contributed by atoms with E-state index in [-0.39, 0.29) is 24.0 Å². The van der Waals surface area contributed by atoms with Gasteiger partial charge >= 0.3 is 0 Å². The highest BCUT2D eigenvalue weighted by molar-refractivity contribution is 5.83. The molecule has 31 heavy (non-hydrogen) atoms. The maximum Gasteiger partial charge on any atom is 0.224 e. The number of imidazole rings is 1. The van der Waals surface area contributed by atoms with Crippen molar-refractivity contribution in [1.29, 1.82) is 0 Å². The lowest BCUT2D eigenvalue weighted by atomic mass is 10.1. The summed E-state index contributed by atoms with van der Waals surface area (Å²) in [6.07, 6.45) is 3.77. The van der Waals surface area contributed by atoms with Gasteiger partial charge in [0.2, 0.25) is 5.95 Å². The van der Waals surface area contributed by atoms with Crippen molar-refractivity contribution in [3.8, 4) is 0 Å². The van der Waals surface area contributed by atoms with Crippen LogP contribution in [0.5, 0.6) is 0 Å². The van der Waals surface area contributed by atoms with Crippen molar-refractivity contribution >= 4 is 34.8 Å². The number of hydrogen-bond acceptors (Lipinski definition) is 7. The predicted molar refractivity (Wildman–Crippen MR) is 118 cm³/mol. The van der Waals surface area contributed by atoms with Gasteiger partial charge in [-0.25, -0.2) is 9.37 Å². The Kier molecular flexibility index (Phi) is 4.70. The number of hydrogen-bond donors (Lipinski definition) is 3. The van der Waals surface area contributed by atoms with Gasteiger partial charge in [0.15, 0.2) is 11.5 Å². The fraction of sp³-hybridized carbons (Fsp3) is 0.182. The van der Waals surface area contributed by atoms with E-state index in [1.807, 2.05) is 47.5 Å². The Balaban J connectivity index is 1.61. The lowest BCUT2D eigenvalue weighted by Crippen LogP contribution is -2.50. The largest absolute Gasteiger partial charge is 0.368 e. The maximum absolute atomic E-state index is 14.5. The molecule has 0 aliphatic carbocycles. The Bertz CT molecular complexity index is 1350. The molecule has 4 N–H and O–H groups in total. The average Bonchev–Trinajstić information content (AvgIpc) is 3.26. The zero-order chi connectivity index (χ0) is 21.4. The van der Waals surface area contributed by atoms with E-state index in [2.05, 4.69) is 32.2 Å². The van der Waals surface area contributed by atoms with Crippen LogP contribution in [0.4, 0.5) is 21.8 Å². The van der Waals surface area contributed by atoms with E-state index in [9.17, 15) is 4.39 Å². The fourth-order valence-electron chi connectivity index (χ4n) is 3.81. The van der Waals surface area contributed by atoms with Crippen LogP contribution in [-0.4, -0.2) is 32.1 Å². The van der Waals surface area contributed by atoms with E-state index >= 15 is 0 Å². The van der Waals surface area contributed by atoms with Gasteiger partial charge in [0.25, 0.3) is 0 Å². The first-order valence-electron chi connectivity index (χ1n) is 10.0. The van der Waals surface area contributed by atoms with Crippen molar-refractivity contribution in [3.05, 3.63) is 71.3 Å². The van der Waals surface area contributed by atoms with E-state index in [1.165, 1.54) is 6.07 Å². The monoisotopic (exact) mass is 416 g/mol. The summed E-state index contributed by atoms with van der Waals surface area (Å²) in [5.74, 6) is 0.390. The first-order valence-corrected chi connectivity index (χ1v) is 10.0. The number of anilines is 3. The number of fused-ring (bicyclic) bond motifs is 2. The molecule has 0 saturated carbocycles. The van der Waals surface area contributed by atoms with E-state index in [0.29, 0.717) is 27.6 Å². The second kappa shape index (κ2) is 7.67. The third-order valence-corrected chi connectivity index (χ3v) is 5.33. The molecule has 9 heteroatoms. The standard InChI is InChI=1S/C22H21FN8/c1-2-16(27-20-18-19(26-12-25-18)29-22(24)30-20)21-28-17-10-6-9-15(23)14(17)11-31(21)13-7-4-3-5-8-13/h3-12,16,21H,2H2,1H3,(H4,24,25,26,27,29,30). The van der Waals surface area contributed by atoms with Gasteiger partial charge < -0.3 is 20.9 Å². The molecule has 0 spiro atoms. The molecule has 2 atom stereocenters. The highest BCUT2D eigenvalue weighted by atomic mass is 19.1. The van der Waals surface area contributed by atoms with Gasteiger partial charge in [0.1, 0.15) is 17.5 Å². The Morgan fingerprint density at radius 1 is 1.16 bits per heavy atom. The van der Waals surface area contributed by atoms with Crippen LogP contribution in [0.3, 0.4) is 0 Å². The van der Waals surface area contributed by atoms with Crippen molar-refractivity contribution in [3.63, 3.8) is 0 Å². The van der Waals surface area contributed by atoms with E-state index in [4.69, 9.17) is 10.7 Å². The minimum absolute atomic E-state index is 0.136. The Hall–Kier alpha value is -4.01. The van der Waals surface area contributed by atoms with Gasteiger partial charge in [0.05, 0.1) is 22.9 Å². The average molecular weight is 416 g/mol. The molecule has 2 aromatic heterocycles. The molecule has 0 bridgehead atoms. The van der Waals surface area contributed by atoms with Crippen LogP contribution in [-0.2, 0) is 0 Å². The third-order valence-electron chi connectivity index (χ3n) is 5.33. The summed E-state index contributed by atoms with van der Waals surface area (Å²) < 4.78 is 14.5. The lowest BCUT2D eigenvalue weighted by Gasteiger charge is -2.35. The molecule has 2 unspecified atom stereocenters. The molecule has 2 aromatic carbocycles. The second-order valence-corrected chi connectivity index (χ2v) is 7.28. The van der Waals surface area contributed by atoms with Crippen LogP contribution < -0.4 is 26.5 Å². The number of benzene rings is 2. The van der Waals surface area contributed by atoms with Crippen LogP contribution in [0.15, 0.2) is 59.9 Å². The molecule has 0 fully saturated rings. The number of nitrogens with two attached hydrogens (primary N) is 1. The molecular formula is C22H21FN8. The van der Waals surface area contributed by atoms with Gasteiger partial charge in [-0.2, -0.15) is 9.97 Å². The lowest BCUT2D eigenvalue weighted by molar-refractivity contribution is 0.532. The van der Waals surface area contributed by atoms with Crippen molar-refractivity contribution < 1.29 is 4.39 Å². The molecule has 1 aliphatic heterocycles. The number of H-pyrrole nitrogens is 1. The number of aromatic amines is 1. The highest BCUT2D eigenvalue weighted by Crippen LogP contribution is 2.25. The summed E-state index contributed by atoms with van der Waals surface area (Å²) in [5, 5.41) is 4.55. The van der Waals surface area contributed by atoms with Crippen LogP contribution in [0, 0.1) is 5.82 Å². The minimum Gasteiger partial charge on any atom is -0.368 e. The normalized spacial score (nSPS) is 16.3. The van der Waals surface area contributed by atoms with Crippen molar-refractivity contribution in [2.24, 2.45) is 4.99 Å². The number of aromatic nitrogens is 4. The quantitative estimate of drug-likeness (QED) is 0.460. The summed E-state index contributed by atoms with van der Waals surface area (Å²) in [7, 11) is 0. The minimum atomic E-state index is -0.337. The molecule has 8 nitrogen and oxygen atoms in total. The molecule has 156 valence electrons. The van der Waals surface area contributed by atoms with Gasteiger partial charge in [0, 0.05) is 11.9 Å². The summed E-state index contributed by atoms with van der Waals surface area (Å²) >= 11 is 0. The molecule has 0 saturated heterocycles. The van der Waals surface area contributed by atoms with Crippen molar-refractivity contribution in [2.45, 2.75) is 25.6 Å². The molecule has 0 amide bonds. The molecule has 0 radical (unpaired) electrons. The van der Waals surface area contributed by atoms with Gasteiger partial charge in [-0.05, 0) is 30.7 Å². The second-order valence-electron chi connectivity index (χ2n) is 7.28. The third kappa shape index (κ3) is 3.43. The Labute approximate surface area is 177 Å². The van der Waals surface area contributed by atoms with E-state index < -0.39 is 0 Å². The molecule has 1 aliphatic rings. The zero-order valence-corrected chi connectivity index (χ0v) is 16.8. The molecule has 3 heterocycles. The van der Waals surface area contributed by atoms with Crippen molar-refractivity contribution in [2.75, 3.05) is 16.0 Å². The van der Waals surface area contributed by atoms with Gasteiger partial charge in [-0.3, -0.25) is 4.99 Å². The highest BCUT2D eigenvalue weighted by Gasteiger charge is 2.29. The van der Waals surface area contributed by atoms with E-state index in [1.54, 1.807) is 12.4 Å². The predicted octanol–water partition coefficient (Wildman–Crippen LogP) is 2.17. The van der Waals surface area contributed by atoms with E-state index in [0.717, 1.165) is 12.1 Å². The smallest absolute Gasteiger partial charge is 0.224 e. The molecule has 4 aromatic rings. The number of nitrogen functional groups attached to an aromatic ring is 1. The molecular weight excluding hydrogens is 395 g/mol. The number of nitrogens with zero attached hydrogens (tertiary/aromatic N) is 5. The SMILES string of the molecule is CCC(Nc1nc(N)nc2nc[nH]c12)C1N=c2cccc(F)c2=CN1c1ccccc1. The van der Waals surface area contributed by atoms with Crippen molar-refractivity contribution in [1.82, 2.24) is 19.9 Å². The number of nitrogens with one attached hydrogen (secondary N) is 2. The van der Waals surface area contributed by atoms with Crippen LogP contribution >= 0.6 is 0 Å². The number of para-hydroxylation sites is 1. The zero-order valence-electron chi connectivity index (χ0n) is 16.8. The van der Waals surface area contributed by atoms with Crippen LogP contribution in [0.1, 0.15) is 13.3 Å². The van der Waals surface area contributed by atoms with Gasteiger partial charge in [-0.1, -0.05) is 31.2 Å². The number of halogens is 1. The summed E-state index contributed by atoms with van der Waals surface area (Å²) in [5.41, 5.74) is 7.96. The van der Waals surface area contributed by atoms with Crippen LogP contribution in [0.2, 0.25) is 0 Å². The fourth-order valence-corrected chi connectivity index (χ4v) is 3.81. The summed E-state index contributed by atoms with van der Waals surface area (Å²) in [6, 6.07) is 14.6. The first kappa shape index (κ1) is 19.0. The van der Waals surface area contributed by atoms with Crippen LogP contribution in [0.25, 0.3) is 17.4 Å². The first-order chi connectivity index (χ1) is 15.1. The Morgan fingerprint density at radius 3 is 2.81 bits per heavy atom. The Morgan fingerprint density at radius 2 is 2.00 bits per heavy atom.